The molecule has 5 nitrogen and oxygen atoms in total. The smallest absolute Gasteiger partial charge is 0.390 e. The van der Waals surface area contributed by atoms with Gasteiger partial charge in [0.15, 0.2) is 0 Å². The van der Waals surface area contributed by atoms with Crippen LogP contribution in [0.1, 0.15) is 22.3 Å². The highest BCUT2D eigenvalue weighted by atomic mass is 32.2. The second-order valence-corrected chi connectivity index (χ2v) is 9.28. The predicted octanol–water partition coefficient (Wildman–Crippen LogP) is 5.19. The van der Waals surface area contributed by atoms with Gasteiger partial charge in [-0.1, -0.05) is 18.2 Å². The molecule has 1 aromatic heterocycles. The fraction of sp³-hybridized carbons (Fsp3) is 0.211. The molecule has 3 rings (SSSR count). The first kappa shape index (κ1) is 22.0. The lowest BCUT2D eigenvalue weighted by Gasteiger charge is -2.24. The van der Waals surface area contributed by atoms with Crippen molar-refractivity contribution < 1.29 is 35.9 Å². The largest absolute Gasteiger partial charge is 0.478 e. The summed E-state index contributed by atoms with van der Waals surface area (Å²) in [5.74, 6) is -2.82. The number of carboxylic acids is 1. The van der Waals surface area contributed by atoms with Crippen molar-refractivity contribution in [2.24, 2.45) is 0 Å². The van der Waals surface area contributed by atoms with E-state index in [9.17, 15) is 30.8 Å². The van der Waals surface area contributed by atoms with Crippen LogP contribution in [0, 0.1) is 12.7 Å². The summed E-state index contributed by atoms with van der Waals surface area (Å²) in [6.07, 6.45) is -6.07. The number of halogens is 4. The van der Waals surface area contributed by atoms with E-state index < -0.39 is 51.4 Å². The minimum atomic E-state index is -4.74. The molecule has 0 bridgehead atoms. The van der Waals surface area contributed by atoms with Gasteiger partial charge in [-0.3, -0.25) is 4.31 Å². The molecule has 11 heteroatoms. The van der Waals surface area contributed by atoms with E-state index in [0.717, 1.165) is 23.5 Å². The van der Waals surface area contributed by atoms with Crippen LogP contribution in [-0.4, -0.2) is 32.2 Å². The Morgan fingerprint density at radius 1 is 1.17 bits per heavy atom. The lowest BCUT2D eigenvalue weighted by atomic mass is 10.2. The lowest BCUT2D eigenvalue weighted by Crippen LogP contribution is -2.34. The van der Waals surface area contributed by atoms with Crippen molar-refractivity contribution in [1.29, 1.82) is 0 Å². The number of nitrogens with zero attached hydrogens (tertiary/aromatic N) is 1. The summed E-state index contributed by atoms with van der Waals surface area (Å²) >= 11 is 0.981. The number of alkyl halides is 3. The maximum atomic E-state index is 14.5. The van der Waals surface area contributed by atoms with Gasteiger partial charge in [-0.2, -0.15) is 13.2 Å². The van der Waals surface area contributed by atoms with E-state index in [-0.39, 0.29) is 5.00 Å². The Morgan fingerprint density at radius 3 is 2.40 bits per heavy atom. The van der Waals surface area contributed by atoms with E-state index in [4.69, 9.17) is 5.11 Å². The monoisotopic (exact) mass is 461 g/mol. The Morgan fingerprint density at radius 2 is 1.83 bits per heavy atom. The van der Waals surface area contributed by atoms with Gasteiger partial charge in [-0.15, -0.1) is 11.3 Å². The third kappa shape index (κ3) is 4.26. The minimum absolute atomic E-state index is 0.0437. The summed E-state index contributed by atoms with van der Waals surface area (Å²) in [7, 11) is -4.74. The number of aryl methyl sites for hydroxylation is 1. The number of fused-ring (bicyclic) bond motifs is 1. The topological polar surface area (TPSA) is 74.7 Å². The second-order valence-electron chi connectivity index (χ2n) is 6.42. The molecule has 2 aromatic carbocycles. The average molecular weight is 461 g/mol. The summed E-state index contributed by atoms with van der Waals surface area (Å²) in [5, 5.41) is 9.65. The SMILES string of the molecule is Cc1c(N(CCC(F)(F)F)S(=O)(=O)c2ccc(C(=O)O)cc2F)sc2ccccc12. The highest BCUT2D eigenvalue weighted by Gasteiger charge is 2.35. The number of rotatable bonds is 6. The Kier molecular flexibility index (Phi) is 5.79. The molecule has 0 amide bonds. The van der Waals surface area contributed by atoms with Crippen molar-refractivity contribution in [3.63, 3.8) is 0 Å². The molecule has 0 aliphatic rings. The van der Waals surface area contributed by atoms with E-state index in [1.807, 2.05) is 0 Å². The van der Waals surface area contributed by atoms with Gasteiger partial charge in [0.2, 0.25) is 0 Å². The van der Waals surface area contributed by atoms with Gasteiger partial charge in [0.05, 0.1) is 12.0 Å². The Hall–Kier alpha value is -2.66. The quantitative estimate of drug-likeness (QED) is 0.513. The molecule has 0 fully saturated rings. The van der Waals surface area contributed by atoms with E-state index in [1.165, 1.54) is 0 Å². The maximum Gasteiger partial charge on any atom is 0.390 e. The average Bonchev–Trinajstić information content (AvgIpc) is 2.97. The Labute approximate surface area is 173 Å². The molecule has 160 valence electrons. The maximum absolute atomic E-state index is 14.5. The zero-order valence-corrected chi connectivity index (χ0v) is 17.0. The first-order valence-corrected chi connectivity index (χ1v) is 10.8. The van der Waals surface area contributed by atoms with Crippen LogP contribution >= 0.6 is 11.3 Å². The molecule has 30 heavy (non-hydrogen) atoms. The van der Waals surface area contributed by atoms with Gasteiger partial charge in [-0.25, -0.2) is 17.6 Å². The number of carbonyl (C=O) groups is 1. The zero-order chi connectivity index (χ0) is 22.3. The Bertz CT molecular complexity index is 1220. The number of anilines is 1. The fourth-order valence-electron chi connectivity index (χ4n) is 2.92. The molecule has 1 heterocycles. The molecule has 3 aromatic rings. The van der Waals surface area contributed by atoms with Gasteiger partial charge in [0.1, 0.15) is 15.7 Å². The summed E-state index contributed by atoms with van der Waals surface area (Å²) in [6, 6.07) is 8.99. The van der Waals surface area contributed by atoms with Crippen LogP contribution in [0.4, 0.5) is 22.6 Å². The first-order valence-electron chi connectivity index (χ1n) is 8.52. The highest BCUT2D eigenvalue weighted by Crippen LogP contribution is 2.40. The van der Waals surface area contributed by atoms with Crippen LogP contribution < -0.4 is 4.31 Å². The number of hydrogen-bond donors (Lipinski definition) is 1. The van der Waals surface area contributed by atoms with Crippen LogP contribution in [0.15, 0.2) is 47.4 Å². The predicted molar refractivity (Wildman–Crippen MR) is 105 cm³/mol. The number of aromatic carboxylic acids is 1. The molecular formula is C19H15F4NO4S2. The van der Waals surface area contributed by atoms with Gasteiger partial charge >= 0.3 is 12.1 Å². The number of thiophene rings is 1. The first-order chi connectivity index (χ1) is 13.9. The van der Waals surface area contributed by atoms with Crippen molar-refractivity contribution in [3.05, 3.63) is 59.4 Å². The molecular weight excluding hydrogens is 446 g/mol. The van der Waals surface area contributed by atoms with Crippen LogP contribution in [0.5, 0.6) is 0 Å². The number of sulfonamides is 1. The molecule has 0 aliphatic heterocycles. The van der Waals surface area contributed by atoms with E-state index >= 15 is 0 Å². The van der Waals surface area contributed by atoms with Crippen LogP contribution in [0.25, 0.3) is 10.1 Å². The third-order valence-electron chi connectivity index (χ3n) is 4.39. The van der Waals surface area contributed by atoms with Crippen molar-refractivity contribution in [2.75, 3.05) is 10.8 Å². The Balaban J connectivity index is 2.16. The molecule has 0 atom stereocenters. The van der Waals surface area contributed by atoms with Crippen LogP contribution in [-0.2, 0) is 10.0 Å². The number of hydrogen-bond acceptors (Lipinski definition) is 4. The van der Waals surface area contributed by atoms with E-state index in [2.05, 4.69) is 0 Å². The summed E-state index contributed by atoms with van der Waals surface area (Å²) in [6.45, 7) is 0.633. The standard InChI is InChI=1S/C19H15F4NO4S2/c1-11-13-4-2-3-5-15(13)29-17(11)24(9-8-19(21,22)23)30(27,28)16-7-6-12(18(25)26)10-14(16)20/h2-7,10H,8-9H2,1H3,(H,25,26). The van der Waals surface area contributed by atoms with Gasteiger partial charge in [-0.05, 0) is 42.1 Å². The van der Waals surface area contributed by atoms with Crippen molar-refractivity contribution in [1.82, 2.24) is 0 Å². The normalized spacial score (nSPS) is 12.3. The molecule has 1 N–H and O–H groups in total. The van der Waals surface area contributed by atoms with E-state index in [1.54, 1.807) is 31.2 Å². The minimum Gasteiger partial charge on any atom is -0.478 e. The number of benzene rings is 2. The fourth-order valence-corrected chi connectivity index (χ4v) is 5.94. The van der Waals surface area contributed by atoms with Crippen LogP contribution in [0.3, 0.4) is 0 Å². The van der Waals surface area contributed by atoms with Gasteiger partial charge in [0, 0.05) is 11.2 Å². The lowest BCUT2D eigenvalue weighted by molar-refractivity contribution is -0.131. The number of carboxylic acid groups (broad SMARTS) is 1. The molecule has 0 saturated carbocycles. The van der Waals surface area contributed by atoms with Gasteiger partial charge < -0.3 is 5.11 Å². The van der Waals surface area contributed by atoms with E-state index in [0.29, 0.717) is 26.0 Å². The summed E-state index contributed by atoms with van der Waals surface area (Å²) < 4.78 is 80.7. The molecule has 0 aliphatic carbocycles. The summed E-state index contributed by atoms with van der Waals surface area (Å²) in [4.78, 5) is 10.1. The van der Waals surface area contributed by atoms with Crippen molar-refractivity contribution in [3.8, 4) is 0 Å². The molecule has 0 unspecified atom stereocenters. The zero-order valence-electron chi connectivity index (χ0n) is 15.4. The highest BCUT2D eigenvalue weighted by molar-refractivity contribution is 7.93. The molecule has 0 saturated heterocycles. The van der Waals surface area contributed by atoms with Gasteiger partial charge in [0.25, 0.3) is 10.0 Å². The molecule has 0 spiro atoms. The van der Waals surface area contributed by atoms with Crippen molar-refractivity contribution >= 4 is 42.4 Å². The third-order valence-corrected chi connectivity index (χ3v) is 7.63. The van der Waals surface area contributed by atoms with Crippen molar-refractivity contribution in [2.45, 2.75) is 24.4 Å². The molecule has 0 radical (unpaired) electrons. The summed E-state index contributed by atoms with van der Waals surface area (Å²) in [5.41, 5.74) is -0.0322. The second kappa shape index (κ2) is 7.88. The van der Waals surface area contributed by atoms with Crippen LogP contribution in [0.2, 0.25) is 0 Å².